The quantitative estimate of drug-likeness (QED) is 0.568. The summed E-state index contributed by atoms with van der Waals surface area (Å²) in [4.78, 5) is 34.2. The van der Waals surface area contributed by atoms with Crippen molar-refractivity contribution < 1.29 is 9.59 Å². The maximum atomic E-state index is 12.5. The van der Waals surface area contributed by atoms with Crippen LogP contribution in [0.4, 0.5) is 5.13 Å². The molecule has 0 bridgehead atoms. The van der Waals surface area contributed by atoms with Crippen LogP contribution in [0.1, 0.15) is 35.0 Å². The molecule has 28 heavy (non-hydrogen) atoms. The second-order valence-electron chi connectivity index (χ2n) is 6.92. The number of ketones is 1. The van der Waals surface area contributed by atoms with Crippen LogP contribution >= 0.6 is 22.7 Å². The van der Waals surface area contributed by atoms with Gasteiger partial charge in [0.2, 0.25) is 5.91 Å². The topological polar surface area (TPSA) is 53.5 Å². The van der Waals surface area contributed by atoms with E-state index in [-0.39, 0.29) is 24.5 Å². The molecule has 1 aliphatic rings. The Labute approximate surface area is 172 Å². The van der Waals surface area contributed by atoms with E-state index in [1.807, 2.05) is 22.4 Å². The molecule has 0 radical (unpaired) electrons. The molecule has 0 aliphatic carbocycles. The van der Waals surface area contributed by atoms with Gasteiger partial charge in [-0.15, -0.1) is 11.3 Å². The summed E-state index contributed by atoms with van der Waals surface area (Å²) in [6, 6.07) is 10.1. The van der Waals surface area contributed by atoms with Gasteiger partial charge in [-0.1, -0.05) is 30.4 Å². The Bertz CT molecular complexity index is 973. The second kappa shape index (κ2) is 8.41. The largest absolute Gasteiger partial charge is 0.345 e. The van der Waals surface area contributed by atoms with Crippen molar-refractivity contribution in [3.8, 4) is 0 Å². The Kier molecular flexibility index (Phi) is 5.73. The van der Waals surface area contributed by atoms with Gasteiger partial charge in [-0.3, -0.25) is 9.59 Å². The maximum absolute atomic E-state index is 12.5. The molecule has 7 heteroatoms. The van der Waals surface area contributed by atoms with E-state index >= 15 is 0 Å². The second-order valence-corrected chi connectivity index (χ2v) is 8.88. The lowest BCUT2D eigenvalue weighted by Gasteiger charge is -2.34. The maximum Gasteiger partial charge on any atom is 0.223 e. The van der Waals surface area contributed by atoms with Crippen molar-refractivity contribution in [3.05, 3.63) is 46.2 Å². The minimum Gasteiger partial charge on any atom is -0.345 e. The summed E-state index contributed by atoms with van der Waals surface area (Å²) in [5.74, 6) is 0.129. The van der Waals surface area contributed by atoms with Gasteiger partial charge in [-0.05, 0) is 35.6 Å². The Morgan fingerprint density at radius 3 is 2.64 bits per heavy atom. The molecule has 1 aliphatic heterocycles. The molecule has 1 fully saturated rings. The number of fused-ring (bicyclic) bond motifs is 1. The molecule has 2 aromatic heterocycles. The van der Waals surface area contributed by atoms with E-state index in [2.05, 4.69) is 30.0 Å². The summed E-state index contributed by atoms with van der Waals surface area (Å²) in [6.07, 6.45) is 1.60. The highest BCUT2D eigenvalue weighted by Gasteiger charge is 2.23. The Hall–Kier alpha value is -2.25. The lowest BCUT2D eigenvalue weighted by molar-refractivity contribution is -0.131. The van der Waals surface area contributed by atoms with E-state index in [9.17, 15) is 9.59 Å². The first kappa shape index (κ1) is 19.1. The smallest absolute Gasteiger partial charge is 0.223 e. The first-order valence-corrected chi connectivity index (χ1v) is 11.3. The molecule has 0 saturated carbocycles. The Morgan fingerprint density at radius 2 is 1.93 bits per heavy atom. The van der Waals surface area contributed by atoms with Gasteiger partial charge >= 0.3 is 0 Å². The van der Waals surface area contributed by atoms with Gasteiger partial charge < -0.3 is 9.80 Å². The average molecular weight is 414 g/mol. The van der Waals surface area contributed by atoms with Crippen LogP contribution in [0.5, 0.6) is 0 Å². The molecule has 0 N–H and O–H groups in total. The summed E-state index contributed by atoms with van der Waals surface area (Å²) in [7, 11) is 0. The summed E-state index contributed by atoms with van der Waals surface area (Å²) in [5, 5.41) is 2.92. The molecular weight excluding hydrogens is 390 g/mol. The van der Waals surface area contributed by atoms with Crippen LogP contribution in [0, 0.1) is 0 Å². The van der Waals surface area contributed by atoms with E-state index in [0.717, 1.165) is 35.0 Å². The van der Waals surface area contributed by atoms with Gasteiger partial charge in [0.25, 0.3) is 0 Å². The number of carbonyl (C=O) groups excluding carboxylic acids is 2. The van der Waals surface area contributed by atoms with E-state index in [4.69, 9.17) is 4.98 Å². The van der Waals surface area contributed by atoms with E-state index < -0.39 is 0 Å². The van der Waals surface area contributed by atoms with Crippen molar-refractivity contribution in [2.75, 3.05) is 31.1 Å². The number of amides is 1. The van der Waals surface area contributed by atoms with Crippen molar-refractivity contribution >= 4 is 49.7 Å². The van der Waals surface area contributed by atoms with Gasteiger partial charge in [0.05, 0.1) is 15.1 Å². The van der Waals surface area contributed by atoms with Gasteiger partial charge in [-0.25, -0.2) is 4.98 Å². The highest BCUT2D eigenvalue weighted by atomic mass is 32.1. The molecule has 146 valence electrons. The minimum absolute atomic E-state index is 0.0583. The Morgan fingerprint density at radius 1 is 1.11 bits per heavy atom. The average Bonchev–Trinajstić information content (AvgIpc) is 3.41. The third-order valence-electron chi connectivity index (χ3n) is 5.11. The fourth-order valence-corrected chi connectivity index (χ4v) is 5.17. The third kappa shape index (κ3) is 4.10. The number of thiophene rings is 1. The summed E-state index contributed by atoms with van der Waals surface area (Å²) < 4.78 is 1.22. The number of nitrogens with zero attached hydrogens (tertiary/aromatic N) is 3. The molecule has 3 aromatic rings. The zero-order valence-electron chi connectivity index (χ0n) is 15.9. The minimum atomic E-state index is 0.0583. The SMILES string of the molecule is CCc1ccc2nc(N3CCN(C(=O)CCC(=O)c4cccs4)CC3)sc2c1. The number of hydrogen-bond acceptors (Lipinski definition) is 6. The summed E-state index contributed by atoms with van der Waals surface area (Å²) in [5.41, 5.74) is 2.37. The first-order chi connectivity index (χ1) is 13.6. The number of piperazine rings is 1. The number of aryl methyl sites for hydroxylation is 1. The monoisotopic (exact) mass is 413 g/mol. The van der Waals surface area contributed by atoms with Gasteiger partial charge in [-0.2, -0.15) is 0 Å². The summed E-state index contributed by atoms with van der Waals surface area (Å²) in [6.45, 7) is 5.09. The number of rotatable bonds is 6. The van der Waals surface area contributed by atoms with Crippen LogP contribution in [0.15, 0.2) is 35.7 Å². The third-order valence-corrected chi connectivity index (χ3v) is 7.10. The van der Waals surface area contributed by atoms with E-state index in [1.165, 1.54) is 21.6 Å². The van der Waals surface area contributed by atoms with Crippen molar-refractivity contribution in [2.24, 2.45) is 0 Å². The molecule has 1 amide bonds. The molecule has 0 atom stereocenters. The number of anilines is 1. The van der Waals surface area contributed by atoms with Gasteiger partial charge in [0, 0.05) is 39.0 Å². The fourth-order valence-electron chi connectivity index (χ4n) is 3.40. The van der Waals surface area contributed by atoms with Crippen LogP contribution < -0.4 is 4.90 Å². The van der Waals surface area contributed by atoms with E-state index in [1.54, 1.807) is 11.3 Å². The fraction of sp³-hybridized carbons (Fsp3) is 0.381. The predicted octanol–water partition coefficient (Wildman–Crippen LogP) is 4.23. The molecule has 1 saturated heterocycles. The number of hydrogen-bond donors (Lipinski definition) is 0. The lowest BCUT2D eigenvalue weighted by atomic mass is 10.1. The van der Waals surface area contributed by atoms with Crippen molar-refractivity contribution in [1.82, 2.24) is 9.88 Å². The van der Waals surface area contributed by atoms with Crippen LogP contribution in [-0.2, 0) is 11.2 Å². The van der Waals surface area contributed by atoms with Crippen LogP contribution in [0.3, 0.4) is 0 Å². The van der Waals surface area contributed by atoms with Gasteiger partial charge in [0.1, 0.15) is 0 Å². The Balaban J connectivity index is 1.31. The zero-order chi connectivity index (χ0) is 19.5. The summed E-state index contributed by atoms with van der Waals surface area (Å²) >= 11 is 3.16. The number of benzene rings is 1. The van der Waals surface area contributed by atoms with Crippen LogP contribution in [-0.4, -0.2) is 47.8 Å². The zero-order valence-corrected chi connectivity index (χ0v) is 17.5. The number of thiazole rings is 1. The standard InChI is InChI=1S/C21H23N3O2S2/c1-2-15-5-6-16-19(14-15)28-21(22-16)24-11-9-23(10-12-24)20(26)8-7-17(25)18-4-3-13-27-18/h3-6,13-14H,2,7-12H2,1H3. The number of carbonyl (C=O) groups is 2. The lowest BCUT2D eigenvalue weighted by Crippen LogP contribution is -2.48. The molecule has 0 unspecified atom stereocenters. The molecule has 4 rings (SSSR count). The van der Waals surface area contributed by atoms with Gasteiger partial charge in [0.15, 0.2) is 10.9 Å². The molecular formula is C21H23N3O2S2. The number of aromatic nitrogens is 1. The highest BCUT2D eigenvalue weighted by Crippen LogP contribution is 2.30. The molecule has 3 heterocycles. The molecule has 0 spiro atoms. The predicted molar refractivity (Wildman–Crippen MR) is 116 cm³/mol. The van der Waals surface area contributed by atoms with Crippen molar-refractivity contribution in [3.63, 3.8) is 0 Å². The van der Waals surface area contributed by atoms with Crippen LogP contribution in [0.2, 0.25) is 0 Å². The molecule has 5 nitrogen and oxygen atoms in total. The van der Waals surface area contributed by atoms with Crippen molar-refractivity contribution in [1.29, 1.82) is 0 Å². The molecule has 1 aromatic carbocycles. The first-order valence-electron chi connectivity index (χ1n) is 9.63. The normalized spacial score (nSPS) is 14.6. The van der Waals surface area contributed by atoms with E-state index in [0.29, 0.717) is 13.1 Å². The van der Waals surface area contributed by atoms with Crippen LogP contribution in [0.25, 0.3) is 10.2 Å². The highest BCUT2D eigenvalue weighted by molar-refractivity contribution is 7.22. The van der Waals surface area contributed by atoms with Crippen molar-refractivity contribution in [2.45, 2.75) is 26.2 Å². The number of Topliss-reactive ketones (excluding diaryl/α,β-unsaturated/α-hetero) is 1.